The van der Waals surface area contributed by atoms with Gasteiger partial charge in [-0.2, -0.15) is 0 Å². The number of hydrogen-bond acceptors (Lipinski definition) is 1. The number of halogens is 1. The van der Waals surface area contributed by atoms with Gasteiger partial charge in [0.15, 0.2) is 5.96 Å². The van der Waals surface area contributed by atoms with E-state index >= 15 is 0 Å². The summed E-state index contributed by atoms with van der Waals surface area (Å²) in [5.41, 5.74) is 7.03. The first kappa shape index (κ1) is 11.3. The molecule has 1 saturated carbocycles. The van der Waals surface area contributed by atoms with Crippen LogP contribution in [0.3, 0.4) is 0 Å². The summed E-state index contributed by atoms with van der Waals surface area (Å²) in [5.74, 6) is 1.08. The first-order valence-electron chi connectivity index (χ1n) is 5.34. The molecule has 0 amide bonds. The minimum absolute atomic E-state index is 0.320. The normalized spacial score (nSPS) is 24.3. The van der Waals surface area contributed by atoms with Crippen LogP contribution in [0.2, 0.25) is 5.02 Å². The summed E-state index contributed by atoms with van der Waals surface area (Å²) in [6.07, 6.45) is 1.06. The Kier molecular flexibility index (Phi) is 3.06. The molecule has 0 saturated heterocycles. The zero-order valence-electron chi connectivity index (χ0n) is 9.52. The summed E-state index contributed by atoms with van der Waals surface area (Å²) in [4.78, 5) is 6.28. The number of benzene rings is 1. The molecule has 3 nitrogen and oxygen atoms in total. The zero-order valence-corrected chi connectivity index (χ0v) is 10.3. The van der Waals surface area contributed by atoms with Crippen molar-refractivity contribution < 1.29 is 0 Å². The van der Waals surface area contributed by atoms with Crippen molar-refractivity contribution in [2.75, 3.05) is 14.1 Å². The molecule has 1 aromatic carbocycles. The van der Waals surface area contributed by atoms with Crippen LogP contribution in [0.15, 0.2) is 29.3 Å². The molecule has 2 rings (SSSR count). The van der Waals surface area contributed by atoms with Crippen LogP contribution in [0.1, 0.15) is 17.9 Å². The molecule has 0 aliphatic heterocycles. The van der Waals surface area contributed by atoms with Gasteiger partial charge in [-0.05, 0) is 24.1 Å². The Balaban J connectivity index is 2.04. The predicted molar refractivity (Wildman–Crippen MR) is 67.9 cm³/mol. The smallest absolute Gasteiger partial charge is 0.191 e. The van der Waals surface area contributed by atoms with Gasteiger partial charge >= 0.3 is 0 Å². The van der Waals surface area contributed by atoms with Crippen molar-refractivity contribution in [2.24, 2.45) is 10.7 Å². The van der Waals surface area contributed by atoms with Crippen LogP contribution in [0.5, 0.6) is 0 Å². The van der Waals surface area contributed by atoms with E-state index in [1.165, 1.54) is 5.56 Å². The van der Waals surface area contributed by atoms with Crippen LogP contribution < -0.4 is 5.73 Å². The van der Waals surface area contributed by atoms with Gasteiger partial charge < -0.3 is 10.6 Å². The van der Waals surface area contributed by atoms with Gasteiger partial charge in [-0.15, -0.1) is 0 Å². The second kappa shape index (κ2) is 4.34. The fourth-order valence-corrected chi connectivity index (χ4v) is 1.90. The molecule has 1 aliphatic rings. The fraction of sp³-hybridized carbons (Fsp3) is 0.417. The molecule has 4 heteroatoms. The average Bonchev–Trinajstić information content (AvgIpc) is 2.97. The van der Waals surface area contributed by atoms with Crippen LogP contribution in [-0.4, -0.2) is 31.0 Å². The highest BCUT2D eigenvalue weighted by Gasteiger charge is 2.38. The third-order valence-electron chi connectivity index (χ3n) is 2.79. The van der Waals surface area contributed by atoms with Gasteiger partial charge in [0, 0.05) is 25.0 Å². The fourth-order valence-electron chi connectivity index (χ4n) is 1.71. The summed E-state index contributed by atoms with van der Waals surface area (Å²) >= 11 is 5.95. The Morgan fingerprint density at radius 3 is 2.88 bits per heavy atom. The molecule has 0 bridgehead atoms. The third kappa shape index (κ3) is 2.47. The molecule has 16 heavy (non-hydrogen) atoms. The molecule has 0 radical (unpaired) electrons. The van der Waals surface area contributed by atoms with Gasteiger partial charge in [-0.3, -0.25) is 0 Å². The number of aliphatic imine (C=N–C) groups is 1. The van der Waals surface area contributed by atoms with Crippen LogP contribution in [-0.2, 0) is 0 Å². The highest BCUT2D eigenvalue weighted by molar-refractivity contribution is 6.30. The maximum Gasteiger partial charge on any atom is 0.191 e. The Morgan fingerprint density at radius 2 is 2.25 bits per heavy atom. The minimum atomic E-state index is 0.320. The van der Waals surface area contributed by atoms with E-state index in [1.54, 1.807) is 0 Å². The molecule has 2 atom stereocenters. The largest absolute Gasteiger partial charge is 0.370 e. The number of nitrogens with zero attached hydrogens (tertiary/aromatic N) is 2. The average molecular weight is 238 g/mol. The van der Waals surface area contributed by atoms with Crippen LogP contribution in [0, 0.1) is 0 Å². The molecule has 86 valence electrons. The van der Waals surface area contributed by atoms with Gasteiger partial charge in [0.2, 0.25) is 0 Å². The lowest BCUT2D eigenvalue weighted by molar-refractivity contribution is 0.608. The van der Waals surface area contributed by atoms with Crippen molar-refractivity contribution in [1.82, 2.24) is 4.90 Å². The Morgan fingerprint density at radius 1 is 1.50 bits per heavy atom. The van der Waals surface area contributed by atoms with Crippen molar-refractivity contribution in [3.63, 3.8) is 0 Å². The van der Waals surface area contributed by atoms with E-state index in [0.29, 0.717) is 17.9 Å². The molecule has 0 heterocycles. The maximum absolute atomic E-state index is 5.95. The first-order chi connectivity index (χ1) is 7.58. The first-order valence-corrected chi connectivity index (χ1v) is 5.72. The van der Waals surface area contributed by atoms with E-state index in [0.717, 1.165) is 11.4 Å². The minimum Gasteiger partial charge on any atom is -0.370 e. The van der Waals surface area contributed by atoms with Crippen molar-refractivity contribution >= 4 is 17.6 Å². The van der Waals surface area contributed by atoms with Gasteiger partial charge in [-0.1, -0.05) is 23.7 Å². The molecular weight excluding hydrogens is 222 g/mol. The molecule has 2 N–H and O–H groups in total. The monoisotopic (exact) mass is 237 g/mol. The maximum atomic E-state index is 5.95. The molecule has 1 aromatic rings. The van der Waals surface area contributed by atoms with Crippen molar-refractivity contribution in [1.29, 1.82) is 0 Å². The number of guanidine groups is 1. The topological polar surface area (TPSA) is 41.6 Å². The van der Waals surface area contributed by atoms with E-state index in [1.807, 2.05) is 37.2 Å². The zero-order chi connectivity index (χ0) is 11.7. The Bertz CT molecular complexity index is 414. The number of rotatable bonds is 2. The highest BCUT2D eigenvalue weighted by atomic mass is 35.5. The van der Waals surface area contributed by atoms with Gasteiger partial charge in [-0.25, -0.2) is 4.99 Å². The molecule has 0 unspecified atom stereocenters. The molecular formula is C12H16ClN3. The number of nitrogens with two attached hydrogens (primary N) is 1. The van der Waals surface area contributed by atoms with Gasteiger partial charge in [0.1, 0.15) is 0 Å². The summed E-state index contributed by atoms with van der Waals surface area (Å²) in [6, 6.07) is 8.29. The van der Waals surface area contributed by atoms with Crippen molar-refractivity contribution in [3.8, 4) is 0 Å². The van der Waals surface area contributed by atoms with E-state index in [4.69, 9.17) is 17.3 Å². The van der Waals surface area contributed by atoms with Crippen molar-refractivity contribution in [2.45, 2.75) is 18.4 Å². The van der Waals surface area contributed by atoms with E-state index in [9.17, 15) is 0 Å². The van der Waals surface area contributed by atoms with Crippen LogP contribution >= 0.6 is 11.6 Å². The molecule has 0 aromatic heterocycles. The Hall–Kier alpha value is -1.22. The lowest BCUT2D eigenvalue weighted by Gasteiger charge is -2.10. The second-order valence-electron chi connectivity index (χ2n) is 4.35. The summed E-state index contributed by atoms with van der Waals surface area (Å²) in [7, 11) is 3.80. The second-order valence-corrected chi connectivity index (χ2v) is 4.78. The van der Waals surface area contributed by atoms with Gasteiger partial charge in [0.25, 0.3) is 0 Å². The van der Waals surface area contributed by atoms with E-state index in [-0.39, 0.29) is 0 Å². The SMILES string of the molecule is CN(C)C(N)=N[C@@H]1C[C@H]1c1cccc(Cl)c1. The van der Waals surface area contributed by atoms with Gasteiger partial charge in [0.05, 0.1) is 6.04 Å². The summed E-state index contributed by atoms with van der Waals surface area (Å²) in [6.45, 7) is 0. The van der Waals surface area contributed by atoms with Crippen LogP contribution in [0.4, 0.5) is 0 Å². The summed E-state index contributed by atoms with van der Waals surface area (Å²) in [5, 5.41) is 0.785. The standard InChI is InChI=1S/C12H16ClN3/c1-16(2)12(14)15-11-7-10(11)8-4-3-5-9(13)6-8/h3-6,10-11H,7H2,1-2H3,(H2,14,15)/t10-,11+/m0/s1. The molecule has 0 spiro atoms. The predicted octanol–water partition coefficient (Wildman–Crippen LogP) is 2.07. The lowest BCUT2D eigenvalue weighted by atomic mass is 10.1. The van der Waals surface area contributed by atoms with E-state index in [2.05, 4.69) is 11.1 Å². The summed E-state index contributed by atoms with van der Waals surface area (Å²) < 4.78 is 0. The molecule has 1 aliphatic carbocycles. The van der Waals surface area contributed by atoms with Crippen molar-refractivity contribution in [3.05, 3.63) is 34.9 Å². The third-order valence-corrected chi connectivity index (χ3v) is 3.02. The highest BCUT2D eigenvalue weighted by Crippen LogP contribution is 2.43. The number of hydrogen-bond donors (Lipinski definition) is 1. The van der Waals surface area contributed by atoms with Crippen LogP contribution in [0.25, 0.3) is 0 Å². The lowest BCUT2D eigenvalue weighted by Crippen LogP contribution is -2.30. The molecule has 1 fully saturated rings. The van der Waals surface area contributed by atoms with E-state index < -0.39 is 0 Å². The Labute approximate surface area is 101 Å². The quantitative estimate of drug-likeness (QED) is 0.632.